The number of fused-ring (bicyclic) bond motifs is 1. The monoisotopic (exact) mass is 304 g/mol. The molecule has 1 aliphatic heterocycles. The summed E-state index contributed by atoms with van der Waals surface area (Å²) < 4.78 is 0. The van der Waals surface area contributed by atoms with Crippen LogP contribution in [0.15, 0.2) is 41.7 Å². The molecule has 0 atom stereocenters. The van der Waals surface area contributed by atoms with Gasteiger partial charge in [0.1, 0.15) is 0 Å². The van der Waals surface area contributed by atoms with E-state index in [9.17, 15) is 0 Å². The van der Waals surface area contributed by atoms with Crippen LogP contribution in [0.5, 0.6) is 0 Å². The standard InChI is InChI=1S/C16H22N2S.C2H6/c1-4-19-13(2)8-10-18-11-9-15-14(12-18)6-5-7-16(15)17-3;1-2/h4-7,17H,1-2,8-12H2,3H3;1-2H3. The fourth-order valence-electron chi connectivity index (χ4n) is 2.55. The molecule has 2 nitrogen and oxygen atoms in total. The maximum atomic E-state index is 4.06. The minimum atomic E-state index is 1.04. The zero-order valence-electron chi connectivity index (χ0n) is 13.6. The molecule has 0 spiro atoms. The van der Waals surface area contributed by atoms with E-state index in [2.05, 4.69) is 41.6 Å². The third kappa shape index (κ3) is 5.25. The SMILES string of the molecule is C=CSC(=C)CCN1CCc2c(cccc2NC)C1.CC. The summed E-state index contributed by atoms with van der Waals surface area (Å²) in [4.78, 5) is 3.71. The van der Waals surface area contributed by atoms with Crippen molar-refractivity contribution in [3.8, 4) is 0 Å². The van der Waals surface area contributed by atoms with E-state index in [1.165, 1.54) is 21.7 Å². The van der Waals surface area contributed by atoms with Crippen LogP contribution in [0, 0.1) is 0 Å². The predicted octanol–water partition coefficient (Wildman–Crippen LogP) is 4.89. The van der Waals surface area contributed by atoms with Gasteiger partial charge in [-0.15, -0.1) is 11.8 Å². The van der Waals surface area contributed by atoms with Crippen LogP contribution in [0.2, 0.25) is 0 Å². The quantitative estimate of drug-likeness (QED) is 0.805. The van der Waals surface area contributed by atoms with E-state index in [1.54, 1.807) is 11.8 Å². The average Bonchev–Trinajstić information content (AvgIpc) is 2.54. The molecule has 1 aromatic rings. The van der Waals surface area contributed by atoms with E-state index in [0.717, 1.165) is 32.5 Å². The van der Waals surface area contributed by atoms with Crippen LogP contribution in [-0.4, -0.2) is 25.0 Å². The number of hydrogen-bond donors (Lipinski definition) is 1. The number of nitrogens with one attached hydrogen (secondary N) is 1. The fraction of sp³-hybridized carbons (Fsp3) is 0.444. The Morgan fingerprint density at radius 1 is 1.43 bits per heavy atom. The van der Waals surface area contributed by atoms with Crippen molar-refractivity contribution in [2.75, 3.05) is 25.5 Å². The van der Waals surface area contributed by atoms with Crippen molar-refractivity contribution in [2.45, 2.75) is 33.2 Å². The Bertz CT molecular complexity index is 468. The number of benzene rings is 1. The highest BCUT2D eigenvalue weighted by atomic mass is 32.2. The Balaban J connectivity index is 0.00000106. The molecule has 1 aromatic carbocycles. The highest BCUT2D eigenvalue weighted by Gasteiger charge is 2.17. The summed E-state index contributed by atoms with van der Waals surface area (Å²) in [6.45, 7) is 15.1. The van der Waals surface area contributed by atoms with Crippen molar-refractivity contribution in [3.05, 3.63) is 52.8 Å². The lowest BCUT2D eigenvalue weighted by atomic mass is 9.97. The van der Waals surface area contributed by atoms with Crippen molar-refractivity contribution in [1.29, 1.82) is 0 Å². The van der Waals surface area contributed by atoms with Gasteiger partial charge in [-0.25, -0.2) is 0 Å². The molecule has 1 heterocycles. The lowest BCUT2D eigenvalue weighted by Gasteiger charge is -2.30. The third-order valence-electron chi connectivity index (χ3n) is 3.57. The fourth-order valence-corrected chi connectivity index (χ4v) is 3.00. The molecule has 116 valence electrons. The van der Waals surface area contributed by atoms with Gasteiger partial charge in [0.2, 0.25) is 0 Å². The largest absolute Gasteiger partial charge is 0.388 e. The lowest BCUT2D eigenvalue weighted by molar-refractivity contribution is 0.259. The molecular weight excluding hydrogens is 276 g/mol. The second-order valence-electron chi connectivity index (χ2n) is 4.79. The van der Waals surface area contributed by atoms with Crippen molar-refractivity contribution >= 4 is 17.4 Å². The van der Waals surface area contributed by atoms with E-state index in [1.807, 2.05) is 26.3 Å². The predicted molar refractivity (Wildman–Crippen MR) is 97.9 cm³/mol. The van der Waals surface area contributed by atoms with Gasteiger partial charge in [0.05, 0.1) is 0 Å². The molecule has 1 N–H and O–H groups in total. The Labute approximate surface area is 134 Å². The van der Waals surface area contributed by atoms with Crippen LogP contribution in [0.4, 0.5) is 5.69 Å². The Kier molecular flexibility index (Phi) is 8.24. The van der Waals surface area contributed by atoms with Crippen molar-refractivity contribution in [1.82, 2.24) is 4.90 Å². The summed E-state index contributed by atoms with van der Waals surface area (Å²) >= 11 is 1.64. The van der Waals surface area contributed by atoms with Crippen LogP contribution in [-0.2, 0) is 13.0 Å². The maximum Gasteiger partial charge on any atom is 0.0373 e. The summed E-state index contributed by atoms with van der Waals surface area (Å²) in [5.41, 5.74) is 4.23. The van der Waals surface area contributed by atoms with Gasteiger partial charge in [0.15, 0.2) is 0 Å². The first kappa shape index (κ1) is 17.9. The van der Waals surface area contributed by atoms with E-state index >= 15 is 0 Å². The normalized spacial score (nSPS) is 13.7. The third-order valence-corrected chi connectivity index (χ3v) is 4.28. The smallest absolute Gasteiger partial charge is 0.0373 e. The van der Waals surface area contributed by atoms with Gasteiger partial charge in [0.25, 0.3) is 0 Å². The highest BCUT2D eigenvalue weighted by Crippen LogP contribution is 2.26. The average molecular weight is 305 g/mol. The van der Waals surface area contributed by atoms with Crippen molar-refractivity contribution in [2.24, 2.45) is 0 Å². The second kappa shape index (κ2) is 9.69. The Morgan fingerprint density at radius 3 is 2.86 bits per heavy atom. The summed E-state index contributed by atoms with van der Waals surface area (Å²) in [5, 5.41) is 5.14. The van der Waals surface area contributed by atoms with Crippen LogP contribution >= 0.6 is 11.8 Å². The van der Waals surface area contributed by atoms with Gasteiger partial charge in [-0.05, 0) is 40.3 Å². The maximum absolute atomic E-state index is 4.06. The first-order chi connectivity index (χ1) is 10.2. The minimum Gasteiger partial charge on any atom is -0.388 e. The van der Waals surface area contributed by atoms with Crippen molar-refractivity contribution in [3.63, 3.8) is 0 Å². The highest BCUT2D eigenvalue weighted by molar-refractivity contribution is 8.05. The summed E-state index contributed by atoms with van der Waals surface area (Å²) in [7, 11) is 2.00. The number of thioether (sulfide) groups is 1. The van der Waals surface area contributed by atoms with Crippen LogP contribution in [0.3, 0.4) is 0 Å². The number of hydrogen-bond acceptors (Lipinski definition) is 3. The Morgan fingerprint density at radius 2 is 2.19 bits per heavy atom. The summed E-state index contributed by atoms with van der Waals surface area (Å²) in [5.74, 6) is 0. The van der Waals surface area contributed by atoms with E-state index in [4.69, 9.17) is 0 Å². The van der Waals surface area contributed by atoms with Crippen LogP contribution in [0.1, 0.15) is 31.4 Å². The number of nitrogens with zero attached hydrogens (tertiary/aromatic N) is 1. The molecule has 0 amide bonds. The van der Waals surface area contributed by atoms with Crippen LogP contribution in [0.25, 0.3) is 0 Å². The van der Waals surface area contributed by atoms with Gasteiger partial charge >= 0.3 is 0 Å². The molecule has 0 aromatic heterocycles. The molecule has 0 saturated heterocycles. The number of anilines is 1. The number of rotatable bonds is 6. The van der Waals surface area contributed by atoms with E-state index in [-0.39, 0.29) is 0 Å². The van der Waals surface area contributed by atoms with Gasteiger partial charge in [-0.2, -0.15) is 0 Å². The van der Waals surface area contributed by atoms with Gasteiger partial charge < -0.3 is 5.32 Å². The molecule has 0 bridgehead atoms. The lowest BCUT2D eigenvalue weighted by Crippen LogP contribution is -2.31. The molecule has 0 saturated carbocycles. The zero-order chi connectivity index (χ0) is 15.7. The molecule has 0 unspecified atom stereocenters. The molecule has 0 fully saturated rings. The second-order valence-corrected chi connectivity index (χ2v) is 5.94. The first-order valence-electron chi connectivity index (χ1n) is 7.70. The zero-order valence-corrected chi connectivity index (χ0v) is 14.4. The van der Waals surface area contributed by atoms with Gasteiger partial charge in [-0.1, -0.05) is 39.1 Å². The van der Waals surface area contributed by atoms with Gasteiger partial charge in [-0.3, -0.25) is 4.90 Å². The molecule has 2 rings (SSSR count). The van der Waals surface area contributed by atoms with Gasteiger partial charge in [0, 0.05) is 32.4 Å². The van der Waals surface area contributed by atoms with E-state index < -0.39 is 0 Å². The molecule has 3 heteroatoms. The minimum absolute atomic E-state index is 1.04. The van der Waals surface area contributed by atoms with Crippen molar-refractivity contribution < 1.29 is 0 Å². The summed E-state index contributed by atoms with van der Waals surface area (Å²) in [6, 6.07) is 6.55. The molecule has 0 radical (unpaired) electrons. The molecular formula is C18H28N2S. The molecule has 21 heavy (non-hydrogen) atoms. The van der Waals surface area contributed by atoms with E-state index in [0.29, 0.717) is 0 Å². The first-order valence-corrected chi connectivity index (χ1v) is 8.58. The molecule has 1 aliphatic rings. The summed E-state index contributed by atoms with van der Waals surface area (Å²) in [6.07, 6.45) is 2.17. The molecule has 0 aliphatic carbocycles. The van der Waals surface area contributed by atoms with Crippen LogP contribution < -0.4 is 5.32 Å². The topological polar surface area (TPSA) is 15.3 Å². The Hall–Kier alpha value is -1.19.